The lowest BCUT2D eigenvalue weighted by molar-refractivity contribution is 0.0988. The molecule has 0 aliphatic rings. The molecule has 0 N–H and O–H groups in total. The fourth-order valence-electron chi connectivity index (χ4n) is 0.828. The van der Waals surface area contributed by atoms with Crippen molar-refractivity contribution in [3.8, 4) is 0 Å². The van der Waals surface area contributed by atoms with E-state index in [9.17, 15) is 4.79 Å². The molecule has 0 aliphatic heterocycles. The first-order chi connectivity index (χ1) is 4.84. The number of benzene rings is 1. The van der Waals surface area contributed by atoms with Gasteiger partial charge in [-0.15, -0.1) is 17.0 Å². The first kappa shape index (κ1) is 10.4. The molecule has 0 amide bonds. The van der Waals surface area contributed by atoms with Crippen molar-refractivity contribution in [3.05, 3.63) is 35.9 Å². The Hall–Kier alpha value is -0.630. The molecule has 0 unspecified atom stereocenters. The second-order valence-electron chi connectivity index (χ2n) is 2.14. The highest BCUT2D eigenvalue weighted by atomic mass is 79.9. The minimum atomic E-state index is 0. The summed E-state index contributed by atoms with van der Waals surface area (Å²) >= 11 is 0. The lowest BCUT2D eigenvalue weighted by atomic mass is 10.1. The van der Waals surface area contributed by atoms with Gasteiger partial charge in [0, 0.05) is 12.0 Å². The smallest absolute Gasteiger partial charge is 0.162 e. The van der Waals surface area contributed by atoms with Crippen molar-refractivity contribution in [2.75, 3.05) is 0 Å². The Balaban J connectivity index is 0.000001000. The fourth-order valence-corrected chi connectivity index (χ4v) is 0.828. The van der Waals surface area contributed by atoms with Gasteiger partial charge >= 0.3 is 0 Å². The summed E-state index contributed by atoms with van der Waals surface area (Å²) in [5.74, 6) is 0.209. The molecule has 0 atom stereocenters. The Morgan fingerprint density at radius 3 is 2.27 bits per heavy atom. The van der Waals surface area contributed by atoms with Gasteiger partial charge in [-0.05, 0) is 0 Å². The van der Waals surface area contributed by atoms with Crippen LogP contribution in [0.1, 0.15) is 23.7 Å². The summed E-state index contributed by atoms with van der Waals surface area (Å²) in [5, 5.41) is 0. The van der Waals surface area contributed by atoms with Crippen LogP contribution in [0, 0.1) is 0 Å². The minimum absolute atomic E-state index is 0. The summed E-state index contributed by atoms with van der Waals surface area (Å²) in [6.45, 7) is 1.87. The second kappa shape index (κ2) is 5.08. The van der Waals surface area contributed by atoms with E-state index in [0.29, 0.717) is 6.42 Å². The van der Waals surface area contributed by atoms with Gasteiger partial charge in [0.25, 0.3) is 0 Å². The van der Waals surface area contributed by atoms with Crippen LogP contribution in [0.15, 0.2) is 30.3 Å². The maximum absolute atomic E-state index is 11.0. The molecule has 2 heteroatoms. The van der Waals surface area contributed by atoms with Crippen molar-refractivity contribution in [3.63, 3.8) is 0 Å². The zero-order valence-corrected chi connectivity index (χ0v) is 8.12. The van der Waals surface area contributed by atoms with Gasteiger partial charge in [-0.2, -0.15) is 0 Å². The molecule has 11 heavy (non-hydrogen) atoms. The van der Waals surface area contributed by atoms with E-state index in [-0.39, 0.29) is 22.8 Å². The molecule has 0 spiro atoms. The van der Waals surface area contributed by atoms with Crippen LogP contribution in [0.5, 0.6) is 0 Å². The largest absolute Gasteiger partial charge is 0.294 e. The Morgan fingerprint density at radius 1 is 1.27 bits per heavy atom. The van der Waals surface area contributed by atoms with E-state index in [4.69, 9.17) is 0 Å². The predicted molar refractivity (Wildman–Crippen MR) is 51.4 cm³/mol. The zero-order valence-electron chi connectivity index (χ0n) is 6.41. The van der Waals surface area contributed by atoms with Crippen LogP contribution < -0.4 is 0 Å². The van der Waals surface area contributed by atoms with Crippen molar-refractivity contribution < 1.29 is 4.79 Å². The third-order valence-corrected chi connectivity index (χ3v) is 1.42. The average Bonchev–Trinajstić information content (AvgIpc) is 2.05. The van der Waals surface area contributed by atoms with Crippen molar-refractivity contribution in [1.29, 1.82) is 0 Å². The topological polar surface area (TPSA) is 17.1 Å². The number of ketones is 1. The fraction of sp³-hybridized carbons (Fsp3) is 0.222. The third-order valence-electron chi connectivity index (χ3n) is 1.42. The molecule has 0 fully saturated rings. The van der Waals surface area contributed by atoms with Gasteiger partial charge in [-0.1, -0.05) is 37.3 Å². The maximum atomic E-state index is 11.0. The Bertz CT molecular complexity index is 218. The van der Waals surface area contributed by atoms with Gasteiger partial charge in [0.05, 0.1) is 0 Å². The highest BCUT2D eigenvalue weighted by Gasteiger charge is 1.98. The van der Waals surface area contributed by atoms with Crippen LogP contribution in [0.3, 0.4) is 0 Å². The quantitative estimate of drug-likeness (QED) is 0.693. The van der Waals surface area contributed by atoms with Crippen LogP contribution in [0.25, 0.3) is 0 Å². The summed E-state index contributed by atoms with van der Waals surface area (Å²) < 4.78 is 0. The number of hydrogen-bond acceptors (Lipinski definition) is 1. The minimum Gasteiger partial charge on any atom is -0.294 e. The van der Waals surface area contributed by atoms with E-state index in [2.05, 4.69) is 0 Å². The second-order valence-corrected chi connectivity index (χ2v) is 2.14. The molecule has 1 rings (SSSR count). The normalized spacial score (nSPS) is 8.45. The summed E-state index contributed by atoms with van der Waals surface area (Å²) in [6.07, 6.45) is 0.587. The van der Waals surface area contributed by atoms with E-state index in [1.54, 1.807) is 0 Å². The molecule has 0 saturated carbocycles. The van der Waals surface area contributed by atoms with Gasteiger partial charge in [0.15, 0.2) is 5.78 Å². The van der Waals surface area contributed by atoms with E-state index < -0.39 is 0 Å². The van der Waals surface area contributed by atoms with Crippen molar-refractivity contribution >= 4 is 22.8 Å². The van der Waals surface area contributed by atoms with E-state index in [0.717, 1.165) is 5.56 Å². The molecule has 1 aromatic rings. The summed E-state index contributed by atoms with van der Waals surface area (Å²) in [5.41, 5.74) is 0.810. The Kier molecular flexibility index (Phi) is 4.79. The summed E-state index contributed by atoms with van der Waals surface area (Å²) in [4.78, 5) is 11.0. The zero-order chi connectivity index (χ0) is 7.40. The number of halogens is 1. The number of hydrogen-bond donors (Lipinski definition) is 0. The van der Waals surface area contributed by atoms with Gasteiger partial charge in [0.1, 0.15) is 0 Å². The summed E-state index contributed by atoms with van der Waals surface area (Å²) in [6, 6.07) is 9.34. The van der Waals surface area contributed by atoms with Gasteiger partial charge in [-0.25, -0.2) is 0 Å². The molecule has 0 saturated heterocycles. The molecule has 0 heterocycles. The van der Waals surface area contributed by atoms with Crippen LogP contribution >= 0.6 is 17.0 Å². The van der Waals surface area contributed by atoms with Crippen molar-refractivity contribution in [1.82, 2.24) is 0 Å². The van der Waals surface area contributed by atoms with Crippen molar-refractivity contribution in [2.24, 2.45) is 0 Å². The van der Waals surface area contributed by atoms with Gasteiger partial charge in [0.2, 0.25) is 0 Å². The van der Waals surface area contributed by atoms with E-state index >= 15 is 0 Å². The standard InChI is InChI=1S/C9H10O.BrH/c1-2-9(10)8-6-4-3-5-7-8;/h3-7H,2H2,1H3;1H. The molecule has 0 aliphatic carbocycles. The van der Waals surface area contributed by atoms with Crippen LogP contribution in [0.2, 0.25) is 0 Å². The lowest BCUT2D eigenvalue weighted by Gasteiger charge is -1.93. The van der Waals surface area contributed by atoms with Crippen LogP contribution in [0.4, 0.5) is 0 Å². The maximum Gasteiger partial charge on any atom is 0.162 e. The predicted octanol–water partition coefficient (Wildman–Crippen LogP) is 2.86. The molecular formula is C9H11BrO. The Morgan fingerprint density at radius 2 is 1.82 bits per heavy atom. The molecule has 0 bridgehead atoms. The SMILES string of the molecule is Br.CCC(=O)c1ccccc1. The molecule has 1 nitrogen and oxygen atoms in total. The first-order valence-corrected chi connectivity index (χ1v) is 3.43. The molecule has 0 aromatic heterocycles. The van der Waals surface area contributed by atoms with E-state index in [1.165, 1.54) is 0 Å². The first-order valence-electron chi connectivity index (χ1n) is 3.43. The molecule has 1 aromatic carbocycles. The number of carbonyl (C=O) groups excluding carboxylic acids is 1. The highest BCUT2D eigenvalue weighted by molar-refractivity contribution is 8.93. The van der Waals surface area contributed by atoms with Gasteiger partial charge in [-0.3, -0.25) is 4.79 Å². The monoisotopic (exact) mass is 214 g/mol. The van der Waals surface area contributed by atoms with Crippen LogP contribution in [-0.4, -0.2) is 5.78 Å². The van der Waals surface area contributed by atoms with Crippen molar-refractivity contribution in [2.45, 2.75) is 13.3 Å². The Labute approximate surface area is 77.2 Å². The number of Topliss-reactive ketones (excluding diaryl/α,β-unsaturated/α-hetero) is 1. The lowest BCUT2D eigenvalue weighted by Crippen LogP contribution is -1.94. The number of rotatable bonds is 2. The third kappa shape index (κ3) is 2.85. The number of carbonyl (C=O) groups is 1. The van der Waals surface area contributed by atoms with Gasteiger partial charge < -0.3 is 0 Å². The molecule has 0 radical (unpaired) electrons. The molecular weight excluding hydrogens is 204 g/mol. The highest BCUT2D eigenvalue weighted by Crippen LogP contribution is 2.01. The molecule has 60 valence electrons. The average molecular weight is 215 g/mol. The van der Waals surface area contributed by atoms with Crippen LogP contribution in [-0.2, 0) is 0 Å². The summed E-state index contributed by atoms with van der Waals surface area (Å²) in [7, 11) is 0. The van der Waals surface area contributed by atoms with E-state index in [1.807, 2.05) is 37.3 Å².